The van der Waals surface area contributed by atoms with E-state index in [4.69, 9.17) is 4.74 Å². The van der Waals surface area contributed by atoms with Crippen molar-refractivity contribution in [3.05, 3.63) is 36.4 Å². The van der Waals surface area contributed by atoms with E-state index in [9.17, 15) is 0 Å². The third kappa shape index (κ3) is 4.61. The molecule has 1 N–H and O–H groups in total. The lowest BCUT2D eigenvalue weighted by atomic mass is 9.93. The Labute approximate surface area is 142 Å². The Morgan fingerprint density at radius 3 is 3.00 bits per heavy atom. The minimum absolute atomic E-state index is 0.572. The molecule has 7 nitrogen and oxygen atoms in total. The van der Waals surface area contributed by atoms with Crippen LogP contribution in [0, 0.1) is 5.92 Å². The summed E-state index contributed by atoms with van der Waals surface area (Å²) in [5.74, 6) is 2.33. The number of piperidine rings is 1. The van der Waals surface area contributed by atoms with Gasteiger partial charge in [0.05, 0.1) is 18.5 Å². The number of nitrogens with one attached hydrogen (secondary N) is 1. The van der Waals surface area contributed by atoms with Gasteiger partial charge in [-0.2, -0.15) is 5.10 Å². The summed E-state index contributed by atoms with van der Waals surface area (Å²) in [6.45, 7) is 3.43. The highest BCUT2D eigenvalue weighted by atomic mass is 16.5. The maximum atomic E-state index is 5.01. The second kappa shape index (κ2) is 8.54. The average Bonchev–Trinajstić information content (AvgIpc) is 2.64. The van der Waals surface area contributed by atoms with Gasteiger partial charge in [0.1, 0.15) is 11.6 Å². The number of rotatable bonds is 7. The first-order valence-corrected chi connectivity index (χ1v) is 8.41. The summed E-state index contributed by atoms with van der Waals surface area (Å²) in [6.07, 6.45) is 8.63. The van der Waals surface area contributed by atoms with Gasteiger partial charge in [0, 0.05) is 39.1 Å². The van der Waals surface area contributed by atoms with Gasteiger partial charge in [-0.05, 0) is 37.3 Å². The molecule has 7 heteroatoms. The molecule has 1 aliphatic heterocycles. The first-order valence-electron chi connectivity index (χ1n) is 8.41. The molecule has 3 heterocycles. The van der Waals surface area contributed by atoms with Gasteiger partial charge in [-0.15, -0.1) is 5.10 Å². The molecule has 1 unspecified atom stereocenters. The lowest BCUT2D eigenvalue weighted by molar-refractivity contribution is 0.210. The lowest BCUT2D eigenvalue weighted by Gasteiger charge is -2.33. The van der Waals surface area contributed by atoms with E-state index in [1.165, 1.54) is 12.8 Å². The van der Waals surface area contributed by atoms with Crippen molar-refractivity contribution in [2.24, 2.45) is 5.92 Å². The van der Waals surface area contributed by atoms with Crippen molar-refractivity contribution in [3.63, 3.8) is 0 Å². The third-order valence-corrected chi connectivity index (χ3v) is 4.22. The summed E-state index contributed by atoms with van der Waals surface area (Å²) < 4.78 is 5.01. The number of nitrogens with zero attached hydrogens (tertiary/aromatic N) is 5. The van der Waals surface area contributed by atoms with E-state index < -0.39 is 0 Å². The van der Waals surface area contributed by atoms with Crippen LogP contribution in [0.2, 0.25) is 0 Å². The molecule has 0 radical (unpaired) electrons. The molecule has 1 aliphatic rings. The van der Waals surface area contributed by atoms with Gasteiger partial charge in [0.15, 0.2) is 0 Å². The van der Waals surface area contributed by atoms with Crippen molar-refractivity contribution in [1.82, 2.24) is 20.2 Å². The molecule has 0 spiro atoms. The number of methoxy groups -OCH3 is 1. The average molecular weight is 328 g/mol. The lowest BCUT2D eigenvalue weighted by Crippen LogP contribution is -2.36. The van der Waals surface area contributed by atoms with Crippen LogP contribution in [0.15, 0.2) is 30.7 Å². The molecule has 1 atom stereocenters. The Morgan fingerprint density at radius 2 is 2.25 bits per heavy atom. The number of hydrogen-bond donors (Lipinski definition) is 1. The second-order valence-electron chi connectivity index (χ2n) is 6.05. The van der Waals surface area contributed by atoms with Crippen molar-refractivity contribution in [2.75, 3.05) is 43.6 Å². The standard InChI is InChI=1S/C17H24N6O/c1-24-10-8-19-16-5-4-15(21-22-16)11-14-3-2-9-23(13-14)17-12-18-6-7-20-17/h4-7,12,14H,2-3,8-11,13H2,1H3,(H,19,22). The predicted octanol–water partition coefficient (Wildman–Crippen LogP) is 1.78. The van der Waals surface area contributed by atoms with Crippen molar-refractivity contribution in [2.45, 2.75) is 19.3 Å². The van der Waals surface area contributed by atoms with E-state index in [0.29, 0.717) is 12.5 Å². The SMILES string of the molecule is COCCNc1ccc(CC2CCCN(c3cnccn3)C2)nn1. The van der Waals surface area contributed by atoms with Crippen LogP contribution in [0.5, 0.6) is 0 Å². The molecular weight excluding hydrogens is 304 g/mol. The minimum Gasteiger partial charge on any atom is -0.383 e. The van der Waals surface area contributed by atoms with E-state index in [2.05, 4.69) is 36.4 Å². The summed E-state index contributed by atoms with van der Waals surface area (Å²) in [4.78, 5) is 10.9. The van der Waals surface area contributed by atoms with Crippen LogP contribution >= 0.6 is 0 Å². The Bertz CT molecular complexity index is 606. The summed E-state index contributed by atoms with van der Waals surface area (Å²) in [7, 11) is 1.69. The Balaban J connectivity index is 1.53. The molecule has 2 aromatic rings. The fourth-order valence-corrected chi connectivity index (χ4v) is 3.03. The Morgan fingerprint density at radius 1 is 1.29 bits per heavy atom. The summed E-state index contributed by atoms with van der Waals surface area (Å²) in [5, 5.41) is 11.8. The second-order valence-corrected chi connectivity index (χ2v) is 6.05. The van der Waals surface area contributed by atoms with Gasteiger partial charge in [-0.1, -0.05) is 0 Å². The normalized spacial score (nSPS) is 17.7. The molecule has 2 aromatic heterocycles. The van der Waals surface area contributed by atoms with Gasteiger partial charge in [-0.25, -0.2) is 4.98 Å². The van der Waals surface area contributed by atoms with Gasteiger partial charge in [0.25, 0.3) is 0 Å². The highest BCUT2D eigenvalue weighted by molar-refractivity contribution is 5.36. The van der Waals surface area contributed by atoms with Crippen LogP contribution in [0.1, 0.15) is 18.5 Å². The van der Waals surface area contributed by atoms with Gasteiger partial charge in [0.2, 0.25) is 0 Å². The molecule has 0 amide bonds. The molecule has 0 saturated carbocycles. The molecular formula is C17H24N6O. The predicted molar refractivity (Wildman–Crippen MR) is 93.1 cm³/mol. The molecule has 1 fully saturated rings. The van der Waals surface area contributed by atoms with Crippen LogP contribution in [-0.2, 0) is 11.2 Å². The summed E-state index contributed by atoms with van der Waals surface area (Å²) >= 11 is 0. The van der Waals surface area contributed by atoms with Crippen LogP contribution in [0.4, 0.5) is 11.6 Å². The van der Waals surface area contributed by atoms with Crippen LogP contribution in [-0.4, -0.2) is 53.5 Å². The fourth-order valence-electron chi connectivity index (χ4n) is 3.03. The summed E-state index contributed by atoms with van der Waals surface area (Å²) in [5.41, 5.74) is 1.04. The van der Waals surface area contributed by atoms with E-state index in [-0.39, 0.29) is 0 Å². The molecule has 128 valence electrons. The van der Waals surface area contributed by atoms with Crippen LogP contribution in [0.25, 0.3) is 0 Å². The maximum Gasteiger partial charge on any atom is 0.148 e. The Hall–Kier alpha value is -2.28. The topological polar surface area (TPSA) is 76.1 Å². The third-order valence-electron chi connectivity index (χ3n) is 4.22. The zero-order chi connectivity index (χ0) is 16.6. The largest absolute Gasteiger partial charge is 0.383 e. The number of ether oxygens (including phenoxy) is 1. The zero-order valence-electron chi connectivity index (χ0n) is 14.1. The number of anilines is 2. The van der Waals surface area contributed by atoms with Gasteiger partial charge in [-0.3, -0.25) is 4.98 Å². The van der Waals surface area contributed by atoms with E-state index in [1.807, 2.05) is 12.3 Å². The van der Waals surface area contributed by atoms with E-state index >= 15 is 0 Å². The van der Waals surface area contributed by atoms with Crippen molar-refractivity contribution >= 4 is 11.6 Å². The molecule has 24 heavy (non-hydrogen) atoms. The molecule has 1 saturated heterocycles. The molecule has 0 aromatic carbocycles. The first kappa shape index (κ1) is 16.6. The Kier molecular flexibility index (Phi) is 5.90. The monoisotopic (exact) mass is 328 g/mol. The number of hydrogen-bond acceptors (Lipinski definition) is 7. The number of aromatic nitrogens is 4. The summed E-state index contributed by atoms with van der Waals surface area (Å²) in [6, 6.07) is 4.05. The molecule has 3 rings (SSSR count). The van der Waals surface area contributed by atoms with Crippen molar-refractivity contribution in [1.29, 1.82) is 0 Å². The quantitative estimate of drug-likeness (QED) is 0.776. The van der Waals surface area contributed by atoms with Crippen molar-refractivity contribution < 1.29 is 4.74 Å². The maximum absolute atomic E-state index is 5.01. The smallest absolute Gasteiger partial charge is 0.148 e. The highest BCUT2D eigenvalue weighted by Crippen LogP contribution is 2.23. The minimum atomic E-state index is 0.572. The fraction of sp³-hybridized carbons (Fsp3) is 0.529. The van der Waals surface area contributed by atoms with E-state index in [0.717, 1.165) is 43.4 Å². The molecule has 0 aliphatic carbocycles. The first-order chi connectivity index (χ1) is 11.8. The highest BCUT2D eigenvalue weighted by Gasteiger charge is 2.21. The van der Waals surface area contributed by atoms with E-state index in [1.54, 1.807) is 19.5 Å². The van der Waals surface area contributed by atoms with Gasteiger partial charge >= 0.3 is 0 Å². The van der Waals surface area contributed by atoms with Crippen molar-refractivity contribution in [3.8, 4) is 0 Å². The zero-order valence-corrected chi connectivity index (χ0v) is 14.1. The van der Waals surface area contributed by atoms with Crippen LogP contribution in [0.3, 0.4) is 0 Å². The molecule has 0 bridgehead atoms. The van der Waals surface area contributed by atoms with Gasteiger partial charge < -0.3 is 15.0 Å². The van der Waals surface area contributed by atoms with Crippen LogP contribution < -0.4 is 10.2 Å².